The molecule has 0 aliphatic rings. The molecule has 0 fully saturated rings. The fourth-order valence-electron chi connectivity index (χ4n) is 2.85. The first-order chi connectivity index (χ1) is 13.5. The Morgan fingerprint density at radius 3 is 2.36 bits per heavy atom. The first kappa shape index (κ1) is 23.2. The molecule has 154 valence electrons. The van der Waals surface area contributed by atoms with Gasteiger partial charge in [-0.2, -0.15) is 0 Å². The van der Waals surface area contributed by atoms with Gasteiger partial charge in [0.05, 0.1) is 17.2 Å². The summed E-state index contributed by atoms with van der Waals surface area (Å²) >= 11 is 18.5. The van der Waals surface area contributed by atoms with Gasteiger partial charge in [-0.25, -0.2) is 0 Å². The SMILES string of the molecule is CCCCCCCNCc1cc(OC)c(OCc2ccc(Cl)c(Cl)c2)cc1Cl. The van der Waals surface area contributed by atoms with Crippen LogP contribution in [0.25, 0.3) is 0 Å². The normalized spacial score (nSPS) is 10.9. The van der Waals surface area contributed by atoms with Crippen molar-refractivity contribution in [3.8, 4) is 11.5 Å². The summed E-state index contributed by atoms with van der Waals surface area (Å²) in [4.78, 5) is 0. The number of hydrogen-bond acceptors (Lipinski definition) is 3. The molecule has 0 radical (unpaired) electrons. The molecule has 0 saturated carbocycles. The largest absolute Gasteiger partial charge is 0.493 e. The van der Waals surface area contributed by atoms with Crippen LogP contribution >= 0.6 is 34.8 Å². The topological polar surface area (TPSA) is 30.5 Å². The van der Waals surface area contributed by atoms with E-state index in [-0.39, 0.29) is 0 Å². The Morgan fingerprint density at radius 1 is 0.857 bits per heavy atom. The molecule has 0 aromatic heterocycles. The van der Waals surface area contributed by atoms with Gasteiger partial charge in [-0.1, -0.05) is 73.5 Å². The van der Waals surface area contributed by atoms with E-state index in [1.807, 2.05) is 12.1 Å². The second-order valence-electron chi connectivity index (χ2n) is 6.72. The minimum Gasteiger partial charge on any atom is -0.493 e. The van der Waals surface area contributed by atoms with Crippen molar-refractivity contribution in [2.24, 2.45) is 0 Å². The van der Waals surface area contributed by atoms with E-state index in [0.29, 0.717) is 39.7 Å². The van der Waals surface area contributed by atoms with Crippen molar-refractivity contribution in [3.05, 3.63) is 56.5 Å². The lowest BCUT2D eigenvalue weighted by Crippen LogP contribution is -2.15. The van der Waals surface area contributed by atoms with Crippen molar-refractivity contribution in [2.45, 2.75) is 52.2 Å². The third-order valence-electron chi connectivity index (χ3n) is 4.48. The maximum Gasteiger partial charge on any atom is 0.163 e. The fraction of sp³-hybridized carbons (Fsp3) is 0.455. The van der Waals surface area contributed by atoms with Crippen LogP contribution in [0.15, 0.2) is 30.3 Å². The predicted molar refractivity (Wildman–Crippen MR) is 119 cm³/mol. The van der Waals surface area contributed by atoms with Gasteiger partial charge in [0, 0.05) is 17.6 Å². The van der Waals surface area contributed by atoms with Gasteiger partial charge in [-0.05, 0) is 42.3 Å². The Kier molecular flexibility index (Phi) is 10.3. The van der Waals surface area contributed by atoms with Crippen LogP contribution in [0.4, 0.5) is 0 Å². The van der Waals surface area contributed by atoms with Crippen molar-refractivity contribution in [2.75, 3.05) is 13.7 Å². The van der Waals surface area contributed by atoms with Gasteiger partial charge in [-0.3, -0.25) is 0 Å². The molecule has 0 unspecified atom stereocenters. The standard InChI is InChI=1S/C22H28Cl3NO2/c1-3-4-5-6-7-10-26-14-17-12-21(27-2)22(13-19(17)24)28-15-16-8-9-18(23)20(25)11-16/h8-9,11-13,26H,3-7,10,14-15H2,1-2H3. The molecule has 2 aromatic rings. The van der Waals surface area contributed by atoms with Gasteiger partial charge in [0.2, 0.25) is 0 Å². The minimum atomic E-state index is 0.346. The molecule has 0 saturated heterocycles. The summed E-state index contributed by atoms with van der Waals surface area (Å²) in [6, 6.07) is 9.15. The van der Waals surface area contributed by atoms with E-state index >= 15 is 0 Å². The average molecular weight is 445 g/mol. The Morgan fingerprint density at radius 2 is 1.64 bits per heavy atom. The smallest absolute Gasteiger partial charge is 0.163 e. The van der Waals surface area contributed by atoms with Crippen molar-refractivity contribution < 1.29 is 9.47 Å². The zero-order valence-corrected chi connectivity index (χ0v) is 18.8. The third kappa shape index (κ3) is 7.36. The molecule has 0 aliphatic heterocycles. The summed E-state index contributed by atoms with van der Waals surface area (Å²) in [5.41, 5.74) is 1.91. The summed E-state index contributed by atoms with van der Waals surface area (Å²) < 4.78 is 11.4. The van der Waals surface area contributed by atoms with Crippen LogP contribution in [0.5, 0.6) is 11.5 Å². The molecule has 0 aliphatic carbocycles. The molecule has 28 heavy (non-hydrogen) atoms. The molecule has 6 heteroatoms. The summed E-state index contributed by atoms with van der Waals surface area (Å²) in [7, 11) is 1.63. The average Bonchev–Trinajstić information content (AvgIpc) is 2.69. The van der Waals surface area contributed by atoms with Crippen LogP contribution in [0.1, 0.15) is 50.2 Å². The first-order valence-electron chi connectivity index (χ1n) is 9.69. The first-order valence-corrected chi connectivity index (χ1v) is 10.8. The van der Waals surface area contributed by atoms with Crippen LogP contribution in [0, 0.1) is 0 Å². The molecule has 3 nitrogen and oxygen atoms in total. The van der Waals surface area contributed by atoms with Crippen molar-refractivity contribution in [1.82, 2.24) is 5.32 Å². The van der Waals surface area contributed by atoms with Crippen LogP contribution in [0.2, 0.25) is 15.1 Å². The van der Waals surface area contributed by atoms with E-state index in [0.717, 1.165) is 17.7 Å². The Labute approximate surface area is 183 Å². The molecule has 0 heterocycles. The highest BCUT2D eigenvalue weighted by atomic mass is 35.5. The van der Waals surface area contributed by atoms with Gasteiger partial charge < -0.3 is 14.8 Å². The van der Waals surface area contributed by atoms with E-state index in [1.54, 1.807) is 25.3 Å². The Hall–Kier alpha value is -1.13. The maximum absolute atomic E-state index is 6.45. The lowest BCUT2D eigenvalue weighted by Gasteiger charge is -2.14. The van der Waals surface area contributed by atoms with Gasteiger partial charge in [-0.15, -0.1) is 0 Å². The molecule has 1 N–H and O–H groups in total. The molecule has 2 rings (SSSR count). The van der Waals surface area contributed by atoms with Gasteiger partial charge in [0.1, 0.15) is 6.61 Å². The summed E-state index contributed by atoms with van der Waals surface area (Å²) in [5, 5.41) is 5.13. The fourth-order valence-corrected chi connectivity index (χ4v) is 3.39. The van der Waals surface area contributed by atoms with E-state index in [1.165, 1.54) is 32.1 Å². The Balaban J connectivity index is 1.91. The predicted octanol–water partition coefficient (Wildman–Crippen LogP) is 7.29. The number of benzene rings is 2. The monoisotopic (exact) mass is 443 g/mol. The summed E-state index contributed by atoms with van der Waals surface area (Å²) in [6.45, 7) is 4.26. The number of halogens is 3. The third-order valence-corrected chi connectivity index (χ3v) is 5.57. The molecule has 0 amide bonds. The number of nitrogens with one attached hydrogen (secondary N) is 1. The zero-order chi connectivity index (χ0) is 20.4. The Bertz CT molecular complexity index is 753. The van der Waals surface area contributed by atoms with E-state index < -0.39 is 0 Å². The highest BCUT2D eigenvalue weighted by Crippen LogP contribution is 2.34. The molecule has 0 bridgehead atoms. The van der Waals surface area contributed by atoms with Gasteiger partial charge >= 0.3 is 0 Å². The van der Waals surface area contributed by atoms with Crippen LogP contribution in [-0.2, 0) is 13.2 Å². The number of ether oxygens (including phenoxy) is 2. The van der Waals surface area contributed by atoms with Gasteiger partial charge in [0.15, 0.2) is 11.5 Å². The summed E-state index contributed by atoms with van der Waals surface area (Å²) in [6.07, 6.45) is 6.33. The van der Waals surface area contributed by atoms with E-state index in [4.69, 9.17) is 44.3 Å². The van der Waals surface area contributed by atoms with Crippen LogP contribution in [0.3, 0.4) is 0 Å². The number of hydrogen-bond donors (Lipinski definition) is 1. The number of methoxy groups -OCH3 is 1. The molecule has 0 atom stereocenters. The van der Waals surface area contributed by atoms with Crippen molar-refractivity contribution >= 4 is 34.8 Å². The lowest BCUT2D eigenvalue weighted by atomic mass is 10.1. The molecular weight excluding hydrogens is 417 g/mol. The van der Waals surface area contributed by atoms with E-state index in [2.05, 4.69) is 12.2 Å². The number of unbranched alkanes of at least 4 members (excludes halogenated alkanes) is 4. The molecular formula is C22H28Cl3NO2. The molecule has 0 spiro atoms. The van der Waals surface area contributed by atoms with Gasteiger partial charge in [0.25, 0.3) is 0 Å². The quantitative estimate of drug-likeness (QED) is 0.348. The molecule has 2 aromatic carbocycles. The maximum atomic E-state index is 6.45. The van der Waals surface area contributed by atoms with E-state index in [9.17, 15) is 0 Å². The number of rotatable bonds is 12. The lowest BCUT2D eigenvalue weighted by molar-refractivity contribution is 0.284. The van der Waals surface area contributed by atoms with Crippen molar-refractivity contribution in [1.29, 1.82) is 0 Å². The van der Waals surface area contributed by atoms with Crippen molar-refractivity contribution in [3.63, 3.8) is 0 Å². The second kappa shape index (κ2) is 12.4. The highest BCUT2D eigenvalue weighted by Gasteiger charge is 2.11. The summed E-state index contributed by atoms with van der Waals surface area (Å²) in [5.74, 6) is 1.26. The highest BCUT2D eigenvalue weighted by molar-refractivity contribution is 6.42. The van der Waals surface area contributed by atoms with Crippen LogP contribution < -0.4 is 14.8 Å². The minimum absolute atomic E-state index is 0.346. The zero-order valence-electron chi connectivity index (χ0n) is 16.5. The van der Waals surface area contributed by atoms with Crippen LogP contribution in [-0.4, -0.2) is 13.7 Å². The second-order valence-corrected chi connectivity index (χ2v) is 7.94.